The first-order valence-electron chi connectivity index (χ1n) is 4.18. The summed E-state index contributed by atoms with van der Waals surface area (Å²) in [5, 5.41) is -0.459. The number of aromatic amines is 1. The van der Waals surface area contributed by atoms with Crippen LogP contribution in [0.25, 0.3) is 10.9 Å². The van der Waals surface area contributed by atoms with Gasteiger partial charge in [-0.2, -0.15) is 0 Å². The number of hydrogen-bond acceptors (Lipinski definition) is 1. The molecule has 2 aromatic rings. The van der Waals surface area contributed by atoms with Crippen LogP contribution in [0.3, 0.4) is 0 Å². The van der Waals surface area contributed by atoms with Gasteiger partial charge in [0.1, 0.15) is 0 Å². The van der Waals surface area contributed by atoms with E-state index in [0.29, 0.717) is 5.69 Å². The summed E-state index contributed by atoms with van der Waals surface area (Å²) in [6, 6.07) is 1.89. The van der Waals surface area contributed by atoms with Crippen LogP contribution < -0.4 is 5.43 Å². The van der Waals surface area contributed by atoms with Gasteiger partial charge in [-0.1, -0.05) is 0 Å². The van der Waals surface area contributed by atoms with Crippen LogP contribution in [-0.4, -0.2) is 4.98 Å². The summed E-state index contributed by atoms with van der Waals surface area (Å²) in [6.45, 7) is 1.57. The lowest BCUT2D eigenvalue weighted by Crippen LogP contribution is -2.07. The molecule has 0 saturated carbocycles. The highest BCUT2D eigenvalue weighted by Crippen LogP contribution is 2.18. The van der Waals surface area contributed by atoms with E-state index in [1.54, 1.807) is 6.92 Å². The zero-order valence-electron chi connectivity index (χ0n) is 7.70. The van der Waals surface area contributed by atoms with E-state index in [2.05, 4.69) is 4.98 Å². The Morgan fingerprint density at radius 1 is 1.13 bits per heavy atom. The van der Waals surface area contributed by atoms with E-state index in [9.17, 15) is 18.0 Å². The fraction of sp³-hybridized carbons (Fsp3) is 0.100. The highest BCUT2D eigenvalue weighted by molar-refractivity contribution is 5.79. The molecule has 0 unspecified atom stereocenters. The van der Waals surface area contributed by atoms with Gasteiger partial charge in [-0.25, -0.2) is 13.2 Å². The fourth-order valence-corrected chi connectivity index (χ4v) is 1.45. The van der Waals surface area contributed by atoms with Crippen molar-refractivity contribution in [2.24, 2.45) is 0 Å². The highest BCUT2D eigenvalue weighted by Gasteiger charge is 2.15. The normalized spacial score (nSPS) is 10.9. The fourth-order valence-electron chi connectivity index (χ4n) is 1.45. The van der Waals surface area contributed by atoms with Crippen molar-refractivity contribution in [3.8, 4) is 0 Å². The van der Waals surface area contributed by atoms with Crippen molar-refractivity contribution in [2.75, 3.05) is 0 Å². The maximum absolute atomic E-state index is 13.2. The smallest absolute Gasteiger partial charge is 0.195 e. The lowest BCUT2D eigenvalue weighted by molar-refractivity contribution is 0.453. The molecule has 0 aliphatic heterocycles. The number of benzene rings is 1. The summed E-state index contributed by atoms with van der Waals surface area (Å²) in [6.07, 6.45) is 0. The Balaban J connectivity index is 3.06. The van der Waals surface area contributed by atoms with Crippen LogP contribution in [0.4, 0.5) is 13.2 Å². The third kappa shape index (κ3) is 1.40. The van der Waals surface area contributed by atoms with Crippen molar-refractivity contribution < 1.29 is 13.2 Å². The minimum absolute atomic E-state index is 0.0450. The molecule has 0 bridgehead atoms. The second-order valence-corrected chi connectivity index (χ2v) is 3.23. The third-order valence-corrected chi connectivity index (χ3v) is 2.09. The van der Waals surface area contributed by atoms with Crippen LogP contribution in [0.1, 0.15) is 5.69 Å². The molecule has 0 atom stereocenters. The largest absolute Gasteiger partial charge is 0.358 e. The van der Waals surface area contributed by atoms with Gasteiger partial charge in [-0.05, 0) is 6.92 Å². The number of halogens is 3. The summed E-state index contributed by atoms with van der Waals surface area (Å²) in [7, 11) is 0. The molecule has 1 aromatic carbocycles. The van der Waals surface area contributed by atoms with Crippen molar-refractivity contribution >= 4 is 10.9 Å². The zero-order valence-corrected chi connectivity index (χ0v) is 7.70. The standard InChI is InChI=1S/C10H6F3NO/c1-4-2-7(15)8-6(14-4)3-5(11)9(12)10(8)13/h2-3H,1H3,(H,14,15). The summed E-state index contributed by atoms with van der Waals surface area (Å²) < 4.78 is 38.9. The third-order valence-electron chi connectivity index (χ3n) is 2.09. The number of fused-ring (bicyclic) bond motifs is 1. The average Bonchev–Trinajstić information content (AvgIpc) is 2.13. The van der Waals surface area contributed by atoms with E-state index in [1.807, 2.05) is 0 Å². The Kier molecular flexibility index (Phi) is 2.03. The maximum atomic E-state index is 13.2. The van der Waals surface area contributed by atoms with Crippen LogP contribution >= 0.6 is 0 Å². The Bertz CT molecular complexity index is 604. The maximum Gasteiger partial charge on any atom is 0.195 e. The van der Waals surface area contributed by atoms with Crippen molar-refractivity contribution in [3.63, 3.8) is 0 Å². The molecule has 5 heteroatoms. The number of aromatic nitrogens is 1. The molecule has 78 valence electrons. The van der Waals surface area contributed by atoms with Gasteiger partial charge >= 0.3 is 0 Å². The molecule has 0 radical (unpaired) electrons. The first kappa shape index (κ1) is 9.76. The number of pyridine rings is 1. The molecule has 2 nitrogen and oxygen atoms in total. The number of H-pyrrole nitrogens is 1. The summed E-state index contributed by atoms with van der Waals surface area (Å²) in [5.74, 6) is -4.40. The molecular weight excluding hydrogens is 207 g/mol. The molecule has 1 N–H and O–H groups in total. The van der Waals surface area contributed by atoms with Gasteiger partial charge in [0.25, 0.3) is 0 Å². The molecule has 0 aliphatic rings. The molecule has 1 heterocycles. The first-order chi connectivity index (χ1) is 7.00. The predicted octanol–water partition coefficient (Wildman–Crippen LogP) is 2.25. The Hall–Kier alpha value is -1.78. The van der Waals surface area contributed by atoms with E-state index >= 15 is 0 Å². The average molecular weight is 213 g/mol. The van der Waals surface area contributed by atoms with Crippen molar-refractivity contribution in [3.05, 3.63) is 45.5 Å². The molecule has 0 amide bonds. The molecule has 2 rings (SSSR count). The summed E-state index contributed by atoms with van der Waals surface area (Å²) >= 11 is 0. The van der Waals surface area contributed by atoms with E-state index in [-0.39, 0.29) is 5.52 Å². The number of aryl methyl sites for hydroxylation is 1. The summed E-state index contributed by atoms with van der Waals surface area (Å²) in [5.41, 5.74) is -0.257. The van der Waals surface area contributed by atoms with Crippen LogP contribution in [0.15, 0.2) is 16.9 Å². The molecule has 0 spiro atoms. The molecule has 0 aliphatic carbocycles. The van der Waals surface area contributed by atoms with E-state index in [1.165, 1.54) is 0 Å². The zero-order chi connectivity index (χ0) is 11.2. The first-order valence-corrected chi connectivity index (χ1v) is 4.18. The number of rotatable bonds is 0. The van der Waals surface area contributed by atoms with Gasteiger partial charge in [-0.3, -0.25) is 4.79 Å². The van der Waals surface area contributed by atoms with Gasteiger partial charge in [0.2, 0.25) is 0 Å². The van der Waals surface area contributed by atoms with Crippen molar-refractivity contribution in [1.29, 1.82) is 0 Å². The van der Waals surface area contributed by atoms with Gasteiger partial charge in [0.15, 0.2) is 22.9 Å². The second kappa shape index (κ2) is 3.12. The SMILES string of the molecule is Cc1cc(=O)c2c(F)c(F)c(F)cc2[nH]1. The predicted molar refractivity (Wildman–Crippen MR) is 49.2 cm³/mol. The van der Waals surface area contributed by atoms with Crippen molar-refractivity contribution in [2.45, 2.75) is 6.92 Å². The van der Waals surface area contributed by atoms with E-state index in [4.69, 9.17) is 0 Å². The molecule has 1 aromatic heterocycles. The minimum Gasteiger partial charge on any atom is -0.358 e. The van der Waals surface area contributed by atoms with Crippen molar-refractivity contribution in [1.82, 2.24) is 4.98 Å². The molecule has 0 saturated heterocycles. The lowest BCUT2D eigenvalue weighted by Gasteiger charge is -2.02. The second-order valence-electron chi connectivity index (χ2n) is 3.23. The highest BCUT2D eigenvalue weighted by atomic mass is 19.2. The van der Waals surface area contributed by atoms with Crippen LogP contribution in [-0.2, 0) is 0 Å². The van der Waals surface area contributed by atoms with Crippen LogP contribution in [0, 0.1) is 24.4 Å². The van der Waals surface area contributed by atoms with Crippen LogP contribution in [0.5, 0.6) is 0 Å². The van der Waals surface area contributed by atoms with Gasteiger partial charge < -0.3 is 4.98 Å². The minimum atomic E-state index is -1.63. The van der Waals surface area contributed by atoms with E-state index in [0.717, 1.165) is 12.1 Å². The molecule has 15 heavy (non-hydrogen) atoms. The monoisotopic (exact) mass is 213 g/mol. The summed E-state index contributed by atoms with van der Waals surface area (Å²) in [4.78, 5) is 13.9. The Morgan fingerprint density at radius 2 is 1.80 bits per heavy atom. The van der Waals surface area contributed by atoms with Gasteiger partial charge in [0, 0.05) is 17.8 Å². The molecular formula is C10H6F3NO. The van der Waals surface area contributed by atoms with Gasteiger partial charge in [-0.15, -0.1) is 0 Å². The van der Waals surface area contributed by atoms with Crippen LogP contribution in [0.2, 0.25) is 0 Å². The Morgan fingerprint density at radius 3 is 2.47 bits per heavy atom. The van der Waals surface area contributed by atoms with Gasteiger partial charge in [0.05, 0.1) is 10.9 Å². The van der Waals surface area contributed by atoms with E-state index < -0.39 is 28.3 Å². The number of nitrogens with one attached hydrogen (secondary N) is 1. The topological polar surface area (TPSA) is 32.9 Å². The quantitative estimate of drug-likeness (QED) is 0.669. The Labute approximate surface area is 82.4 Å². The lowest BCUT2D eigenvalue weighted by atomic mass is 10.1. The molecule has 0 fully saturated rings. The number of hydrogen-bond donors (Lipinski definition) is 1.